The number of ether oxygens (including phenoxy) is 5. The Balaban J connectivity index is 2.28. The summed E-state index contributed by atoms with van der Waals surface area (Å²) in [7, 11) is 1.56. The summed E-state index contributed by atoms with van der Waals surface area (Å²) in [5.41, 5.74) is -0.808. The van der Waals surface area contributed by atoms with Gasteiger partial charge in [-0.3, -0.25) is 0 Å². The van der Waals surface area contributed by atoms with Gasteiger partial charge in [-0.15, -0.1) is 0 Å². The maximum Gasteiger partial charge on any atom is 0.189 e. The number of methoxy groups -OCH3 is 1. The largest absolute Gasteiger partial charge is 0.466 e. The molecule has 1 aliphatic rings. The van der Waals surface area contributed by atoms with Crippen LogP contribution in [0.5, 0.6) is 5.75 Å². The van der Waals surface area contributed by atoms with E-state index in [9.17, 15) is 9.65 Å². The first-order valence-corrected chi connectivity index (χ1v) is 8.00. The minimum Gasteiger partial charge on any atom is -0.466 e. The predicted molar refractivity (Wildman–Crippen MR) is 87.5 cm³/mol. The van der Waals surface area contributed by atoms with Gasteiger partial charge in [0, 0.05) is 7.11 Å². The molecule has 0 radical (unpaired) electrons. The summed E-state index contributed by atoms with van der Waals surface area (Å²) in [6.07, 6.45) is -0.846. The molecule has 1 aromatic rings. The van der Waals surface area contributed by atoms with Crippen molar-refractivity contribution in [3.63, 3.8) is 0 Å². The molecule has 0 bridgehead atoms. The molecule has 0 spiro atoms. The number of hydrogen-bond acceptors (Lipinski definition) is 6. The van der Waals surface area contributed by atoms with E-state index in [-0.39, 0.29) is 18.1 Å². The lowest BCUT2D eigenvalue weighted by atomic mass is 9.90. The van der Waals surface area contributed by atoms with E-state index in [2.05, 4.69) is 0 Å². The molecule has 0 unspecified atom stereocenters. The van der Waals surface area contributed by atoms with Crippen LogP contribution in [-0.2, 0) is 18.9 Å². The van der Waals surface area contributed by atoms with Gasteiger partial charge in [-0.25, -0.2) is 4.39 Å². The Morgan fingerprint density at radius 3 is 2.36 bits per heavy atom. The first-order valence-electron chi connectivity index (χ1n) is 8.00. The van der Waals surface area contributed by atoms with Gasteiger partial charge in [0.1, 0.15) is 17.6 Å². The van der Waals surface area contributed by atoms with E-state index in [0.29, 0.717) is 18.8 Å². The van der Waals surface area contributed by atoms with Crippen molar-refractivity contribution >= 4 is 0 Å². The van der Waals surface area contributed by atoms with Crippen LogP contribution < -0.4 is 4.74 Å². The molecular formula is C18H24FNO5. The van der Waals surface area contributed by atoms with E-state index in [0.717, 1.165) is 6.07 Å². The molecule has 6 nitrogen and oxygen atoms in total. The van der Waals surface area contributed by atoms with Crippen molar-refractivity contribution in [2.45, 2.75) is 45.2 Å². The number of hydrogen-bond donors (Lipinski definition) is 0. The summed E-state index contributed by atoms with van der Waals surface area (Å²) >= 11 is 0. The van der Waals surface area contributed by atoms with Gasteiger partial charge >= 0.3 is 0 Å². The highest BCUT2D eigenvalue weighted by Gasteiger charge is 2.50. The minimum atomic E-state index is -0.846. The minimum absolute atomic E-state index is 0.0556. The third-order valence-corrected chi connectivity index (χ3v) is 4.43. The molecule has 0 amide bonds. The zero-order chi connectivity index (χ0) is 18.7. The monoisotopic (exact) mass is 353 g/mol. The SMILES string of the molecule is COCCOCOc1c(C#N)cc(F)cc1C1OC(C)(C)C(C)(C)O1. The molecule has 0 aliphatic carbocycles. The Labute approximate surface area is 147 Å². The first kappa shape index (κ1) is 19.6. The van der Waals surface area contributed by atoms with Gasteiger partial charge in [-0.05, 0) is 39.8 Å². The van der Waals surface area contributed by atoms with Crippen LogP contribution in [-0.4, -0.2) is 38.3 Å². The normalized spacial score (nSPS) is 18.9. The lowest BCUT2D eigenvalue weighted by Gasteiger charge is -2.30. The molecule has 138 valence electrons. The second-order valence-electron chi connectivity index (χ2n) is 6.73. The number of nitriles is 1. The fraction of sp³-hybridized carbons (Fsp3) is 0.611. The maximum atomic E-state index is 14.0. The molecule has 7 heteroatoms. The lowest BCUT2D eigenvalue weighted by Crippen LogP contribution is -2.41. The van der Waals surface area contributed by atoms with E-state index in [4.69, 9.17) is 23.7 Å². The van der Waals surface area contributed by atoms with Crippen molar-refractivity contribution in [1.29, 1.82) is 5.26 Å². The van der Waals surface area contributed by atoms with Crippen LogP contribution in [0.25, 0.3) is 0 Å². The molecule has 0 saturated carbocycles. The number of nitrogens with zero attached hydrogens (tertiary/aromatic N) is 1. The highest BCUT2D eigenvalue weighted by Crippen LogP contribution is 2.47. The maximum absolute atomic E-state index is 14.0. The molecule has 1 heterocycles. The molecule has 0 N–H and O–H groups in total. The Kier molecular flexibility index (Phi) is 6.01. The van der Waals surface area contributed by atoms with Crippen molar-refractivity contribution in [2.75, 3.05) is 27.1 Å². The Hall–Kier alpha value is -1.72. The predicted octanol–water partition coefficient (Wildman–Crippen LogP) is 3.30. The zero-order valence-electron chi connectivity index (χ0n) is 15.2. The van der Waals surface area contributed by atoms with Crippen LogP contribution in [0.2, 0.25) is 0 Å². The van der Waals surface area contributed by atoms with E-state index in [1.54, 1.807) is 7.11 Å². The molecule has 0 aromatic heterocycles. The summed E-state index contributed by atoms with van der Waals surface area (Å²) in [6, 6.07) is 4.31. The van der Waals surface area contributed by atoms with E-state index >= 15 is 0 Å². The number of benzene rings is 1. The number of rotatable bonds is 7. The first-order chi connectivity index (χ1) is 11.7. The standard InChI is InChI=1S/C18H24FNO5/c1-17(2)18(3,4)25-16(24-17)14-9-13(19)8-12(10-20)15(14)23-11-22-7-6-21-5/h8-9,16H,6-7,11H2,1-5H3. The van der Waals surface area contributed by atoms with Gasteiger partial charge in [0.05, 0.1) is 35.5 Å². The van der Waals surface area contributed by atoms with Gasteiger partial charge < -0.3 is 23.7 Å². The fourth-order valence-corrected chi connectivity index (χ4v) is 2.31. The van der Waals surface area contributed by atoms with Crippen molar-refractivity contribution in [3.8, 4) is 11.8 Å². The summed E-state index contributed by atoms with van der Waals surface area (Å²) < 4.78 is 41.6. The summed E-state index contributed by atoms with van der Waals surface area (Å²) in [5, 5.41) is 9.32. The summed E-state index contributed by atoms with van der Waals surface area (Å²) in [6.45, 7) is 8.24. The lowest BCUT2D eigenvalue weighted by molar-refractivity contribution is -0.0924. The van der Waals surface area contributed by atoms with E-state index in [1.807, 2.05) is 33.8 Å². The Morgan fingerprint density at radius 2 is 1.80 bits per heavy atom. The van der Waals surface area contributed by atoms with Crippen LogP contribution >= 0.6 is 0 Å². The third kappa shape index (κ3) is 4.28. The average Bonchev–Trinajstić information content (AvgIpc) is 2.75. The van der Waals surface area contributed by atoms with Gasteiger partial charge in [-0.1, -0.05) is 0 Å². The van der Waals surface area contributed by atoms with Crippen molar-refractivity contribution in [2.24, 2.45) is 0 Å². The molecule has 1 aromatic carbocycles. The second kappa shape index (κ2) is 7.67. The van der Waals surface area contributed by atoms with E-state index in [1.165, 1.54) is 6.07 Å². The molecule has 0 atom stereocenters. The molecule has 1 saturated heterocycles. The van der Waals surface area contributed by atoms with Gasteiger partial charge in [-0.2, -0.15) is 5.26 Å². The van der Waals surface area contributed by atoms with Crippen LogP contribution in [0.3, 0.4) is 0 Å². The molecule has 1 fully saturated rings. The quantitative estimate of drug-likeness (QED) is 0.553. The van der Waals surface area contributed by atoms with Crippen LogP contribution in [0.1, 0.15) is 45.1 Å². The molecular weight excluding hydrogens is 329 g/mol. The molecule has 2 rings (SSSR count). The number of halogens is 1. The Morgan fingerprint density at radius 1 is 1.16 bits per heavy atom. The van der Waals surface area contributed by atoms with Crippen molar-refractivity contribution in [3.05, 3.63) is 29.1 Å². The highest BCUT2D eigenvalue weighted by molar-refractivity contribution is 5.49. The average molecular weight is 353 g/mol. The third-order valence-electron chi connectivity index (χ3n) is 4.43. The van der Waals surface area contributed by atoms with Crippen LogP contribution in [0.4, 0.5) is 4.39 Å². The van der Waals surface area contributed by atoms with Gasteiger partial charge in [0.15, 0.2) is 13.1 Å². The molecule has 25 heavy (non-hydrogen) atoms. The van der Waals surface area contributed by atoms with Crippen molar-refractivity contribution < 1.29 is 28.1 Å². The Bertz CT molecular complexity index is 638. The summed E-state index contributed by atoms with van der Waals surface area (Å²) in [4.78, 5) is 0. The van der Waals surface area contributed by atoms with Crippen molar-refractivity contribution in [1.82, 2.24) is 0 Å². The van der Waals surface area contributed by atoms with Crippen LogP contribution in [0, 0.1) is 17.1 Å². The highest BCUT2D eigenvalue weighted by atomic mass is 19.1. The molecule has 1 aliphatic heterocycles. The van der Waals surface area contributed by atoms with Crippen LogP contribution in [0.15, 0.2) is 12.1 Å². The summed E-state index contributed by atoms with van der Waals surface area (Å²) in [5.74, 6) is -0.367. The van der Waals surface area contributed by atoms with E-state index < -0.39 is 23.3 Å². The van der Waals surface area contributed by atoms with Gasteiger partial charge in [0.2, 0.25) is 0 Å². The smallest absolute Gasteiger partial charge is 0.189 e. The van der Waals surface area contributed by atoms with Gasteiger partial charge in [0.25, 0.3) is 0 Å². The second-order valence-corrected chi connectivity index (χ2v) is 6.73. The fourth-order valence-electron chi connectivity index (χ4n) is 2.31. The zero-order valence-corrected chi connectivity index (χ0v) is 15.2. The topological polar surface area (TPSA) is 69.9 Å².